The standard InChI is InChI=1S/C16H17N3O3/c1-10(20)6-7-14(15(17)21)19-16(22)12-8-11-4-2-3-5-13(11)18-9-12/h2-5,8-9,14H,6-7H2,1H3,(H2,17,21)(H,19,22)/t14-/m1/s1. The average Bonchev–Trinajstić information content (AvgIpc) is 2.50. The zero-order chi connectivity index (χ0) is 16.1. The fraction of sp³-hybridized carbons (Fsp3) is 0.250. The van der Waals surface area contributed by atoms with Crippen LogP contribution in [-0.4, -0.2) is 28.6 Å². The van der Waals surface area contributed by atoms with Gasteiger partial charge in [0, 0.05) is 18.0 Å². The van der Waals surface area contributed by atoms with Crippen LogP contribution in [-0.2, 0) is 9.59 Å². The number of amides is 2. The van der Waals surface area contributed by atoms with Crippen LogP contribution in [0.4, 0.5) is 0 Å². The number of carbonyl (C=O) groups is 3. The van der Waals surface area contributed by atoms with Crippen molar-refractivity contribution < 1.29 is 14.4 Å². The van der Waals surface area contributed by atoms with Crippen molar-refractivity contribution in [3.63, 3.8) is 0 Å². The molecule has 3 N–H and O–H groups in total. The number of Topliss-reactive ketones (excluding diaryl/α,β-unsaturated/α-hetero) is 1. The lowest BCUT2D eigenvalue weighted by Gasteiger charge is -2.14. The molecule has 0 bridgehead atoms. The third-order valence-electron chi connectivity index (χ3n) is 3.29. The van der Waals surface area contributed by atoms with Gasteiger partial charge in [-0.05, 0) is 25.5 Å². The molecule has 0 aliphatic heterocycles. The highest BCUT2D eigenvalue weighted by molar-refractivity contribution is 5.99. The Morgan fingerprint density at radius 1 is 1.27 bits per heavy atom. The predicted octanol–water partition coefficient (Wildman–Crippen LogP) is 1.19. The number of fused-ring (bicyclic) bond motifs is 1. The van der Waals surface area contributed by atoms with Crippen LogP contribution < -0.4 is 11.1 Å². The lowest BCUT2D eigenvalue weighted by molar-refractivity contribution is -0.120. The summed E-state index contributed by atoms with van der Waals surface area (Å²) in [5, 5.41) is 3.38. The quantitative estimate of drug-likeness (QED) is 0.836. The van der Waals surface area contributed by atoms with E-state index in [0.29, 0.717) is 5.56 Å². The van der Waals surface area contributed by atoms with Gasteiger partial charge < -0.3 is 15.8 Å². The van der Waals surface area contributed by atoms with E-state index >= 15 is 0 Å². The summed E-state index contributed by atoms with van der Waals surface area (Å²) in [6.07, 6.45) is 1.82. The van der Waals surface area contributed by atoms with Gasteiger partial charge in [-0.25, -0.2) is 0 Å². The fourth-order valence-corrected chi connectivity index (χ4v) is 2.07. The highest BCUT2D eigenvalue weighted by atomic mass is 16.2. The SMILES string of the molecule is CC(=O)CC[C@@H](NC(=O)c1cnc2ccccc2c1)C(N)=O. The van der Waals surface area contributed by atoms with Gasteiger partial charge in [-0.3, -0.25) is 14.6 Å². The number of carbonyl (C=O) groups excluding carboxylic acids is 3. The molecule has 0 unspecified atom stereocenters. The van der Waals surface area contributed by atoms with Crippen LogP contribution in [0.15, 0.2) is 36.5 Å². The van der Waals surface area contributed by atoms with E-state index in [1.807, 2.05) is 24.3 Å². The van der Waals surface area contributed by atoms with Crippen molar-refractivity contribution in [1.82, 2.24) is 10.3 Å². The number of pyridine rings is 1. The van der Waals surface area contributed by atoms with Gasteiger partial charge in [0.25, 0.3) is 5.91 Å². The molecule has 0 fully saturated rings. The van der Waals surface area contributed by atoms with Crippen molar-refractivity contribution in [2.45, 2.75) is 25.8 Å². The molecule has 0 saturated carbocycles. The first-order valence-electron chi connectivity index (χ1n) is 6.92. The highest BCUT2D eigenvalue weighted by Crippen LogP contribution is 2.13. The van der Waals surface area contributed by atoms with Crippen molar-refractivity contribution in [2.24, 2.45) is 5.73 Å². The number of nitrogens with one attached hydrogen (secondary N) is 1. The number of hydrogen-bond donors (Lipinski definition) is 2. The van der Waals surface area contributed by atoms with E-state index in [9.17, 15) is 14.4 Å². The number of para-hydroxylation sites is 1. The molecule has 1 atom stereocenters. The maximum absolute atomic E-state index is 12.2. The Balaban J connectivity index is 2.14. The number of hydrogen-bond acceptors (Lipinski definition) is 4. The van der Waals surface area contributed by atoms with Gasteiger partial charge >= 0.3 is 0 Å². The van der Waals surface area contributed by atoms with Crippen LogP contribution in [0.25, 0.3) is 10.9 Å². The lowest BCUT2D eigenvalue weighted by Crippen LogP contribution is -2.44. The minimum absolute atomic E-state index is 0.0622. The Bertz CT molecular complexity index is 727. The van der Waals surface area contributed by atoms with Crippen LogP contribution in [0.3, 0.4) is 0 Å². The van der Waals surface area contributed by atoms with E-state index < -0.39 is 17.9 Å². The molecular weight excluding hydrogens is 282 g/mol. The second kappa shape index (κ2) is 6.80. The first-order valence-corrected chi connectivity index (χ1v) is 6.92. The van der Waals surface area contributed by atoms with Crippen molar-refractivity contribution in [2.75, 3.05) is 0 Å². The van der Waals surface area contributed by atoms with Crippen molar-refractivity contribution in [3.05, 3.63) is 42.1 Å². The molecule has 2 aromatic rings. The summed E-state index contributed by atoms with van der Waals surface area (Å²) in [6.45, 7) is 1.42. The average molecular weight is 299 g/mol. The Kier molecular flexibility index (Phi) is 4.83. The Hall–Kier alpha value is -2.76. The number of nitrogens with two attached hydrogens (primary N) is 1. The Labute approximate surface area is 127 Å². The van der Waals surface area contributed by atoms with Gasteiger partial charge in [0.05, 0.1) is 11.1 Å². The summed E-state index contributed by atoms with van der Waals surface area (Å²) < 4.78 is 0. The maximum Gasteiger partial charge on any atom is 0.253 e. The number of rotatable bonds is 6. The second-order valence-corrected chi connectivity index (χ2v) is 5.09. The zero-order valence-corrected chi connectivity index (χ0v) is 12.2. The Morgan fingerprint density at radius 2 is 2.00 bits per heavy atom. The third kappa shape index (κ3) is 3.88. The van der Waals surface area contributed by atoms with Gasteiger partial charge in [0.2, 0.25) is 5.91 Å². The summed E-state index contributed by atoms with van der Waals surface area (Å²) in [6, 6.07) is 8.23. The van der Waals surface area contributed by atoms with Gasteiger partial charge in [-0.1, -0.05) is 18.2 Å². The molecule has 6 heteroatoms. The molecule has 1 heterocycles. The molecule has 6 nitrogen and oxygen atoms in total. The first-order chi connectivity index (χ1) is 10.5. The molecule has 0 radical (unpaired) electrons. The molecule has 0 aliphatic rings. The summed E-state index contributed by atoms with van der Waals surface area (Å²) in [5.74, 6) is -1.16. The molecule has 0 aliphatic carbocycles. The molecule has 22 heavy (non-hydrogen) atoms. The van der Waals surface area contributed by atoms with E-state index in [4.69, 9.17) is 5.73 Å². The molecule has 1 aromatic carbocycles. The molecule has 0 spiro atoms. The molecule has 2 rings (SSSR count). The van der Waals surface area contributed by atoms with Crippen molar-refractivity contribution >= 4 is 28.5 Å². The first kappa shape index (κ1) is 15.6. The number of nitrogens with zero attached hydrogens (tertiary/aromatic N) is 1. The summed E-state index contributed by atoms with van der Waals surface area (Å²) in [7, 11) is 0. The minimum atomic E-state index is -0.872. The van der Waals surface area contributed by atoms with Crippen molar-refractivity contribution in [1.29, 1.82) is 0 Å². The van der Waals surface area contributed by atoms with E-state index in [1.165, 1.54) is 13.1 Å². The van der Waals surface area contributed by atoms with Gasteiger partial charge in [-0.15, -0.1) is 0 Å². The van der Waals surface area contributed by atoms with Crippen LogP contribution in [0.2, 0.25) is 0 Å². The van der Waals surface area contributed by atoms with Crippen LogP contribution in [0.5, 0.6) is 0 Å². The maximum atomic E-state index is 12.2. The van der Waals surface area contributed by atoms with E-state index in [0.717, 1.165) is 10.9 Å². The van der Waals surface area contributed by atoms with E-state index in [2.05, 4.69) is 10.3 Å². The highest BCUT2D eigenvalue weighted by Gasteiger charge is 2.19. The largest absolute Gasteiger partial charge is 0.368 e. The molecule has 1 aromatic heterocycles. The monoisotopic (exact) mass is 299 g/mol. The fourth-order valence-electron chi connectivity index (χ4n) is 2.07. The molecule has 114 valence electrons. The minimum Gasteiger partial charge on any atom is -0.368 e. The van der Waals surface area contributed by atoms with Crippen LogP contribution >= 0.6 is 0 Å². The number of ketones is 1. The van der Waals surface area contributed by atoms with Crippen molar-refractivity contribution in [3.8, 4) is 0 Å². The summed E-state index contributed by atoms with van der Waals surface area (Å²) >= 11 is 0. The Morgan fingerprint density at radius 3 is 2.68 bits per heavy atom. The van der Waals surface area contributed by atoms with Crippen LogP contribution in [0, 0.1) is 0 Å². The smallest absolute Gasteiger partial charge is 0.253 e. The number of aromatic nitrogens is 1. The zero-order valence-electron chi connectivity index (χ0n) is 12.2. The van der Waals surface area contributed by atoms with E-state index in [1.54, 1.807) is 6.07 Å². The van der Waals surface area contributed by atoms with Gasteiger partial charge in [-0.2, -0.15) is 0 Å². The number of primary amides is 1. The molecule has 0 saturated heterocycles. The lowest BCUT2D eigenvalue weighted by atomic mass is 10.1. The summed E-state index contributed by atoms with van der Waals surface area (Å²) in [4.78, 5) is 38.8. The number of benzene rings is 1. The summed E-state index contributed by atoms with van der Waals surface area (Å²) in [5.41, 5.74) is 6.38. The van der Waals surface area contributed by atoms with Crippen LogP contribution in [0.1, 0.15) is 30.1 Å². The normalized spacial score (nSPS) is 11.9. The second-order valence-electron chi connectivity index (χ2n) is 5.09. The third-order valence-corrected chi connectivity index (χ3v) is 3.29. The van der Waals surface area contributed by atoms with Gasteiger partial charge in [0.15, 0.2) is 0 Å². The van der Waals surface area contributed by atoms with E-state index in [-0.39, 0.29) is 18.6 Å². The topological polar surface area (TPSA) is 102 Å². The predicted molar refractivity (Wildman–Crippen MR) is 82.1 cm³/mol. The van der Waals surface area contributed by atoms with Gasteiger partial charge in [0.1, 0.15) is 11.8 Å². The molecular formula is C16H17N3O3. The molecule has 2 amide bonds.